The van der Waals surface area contributed by atoms with Gasteiger partial charge in [-0.25, -0.2) is 9.18 Å². The van der Waals surface area contributed by atoms with Crippen LogP contribution >= 0.6 is 11.6 Å². The zero-order chi connectivity index (χ0) is 16.9. The molecule has 1 aliphatic heterocycles. The van der Waals surface area contributed by atoms with E-state index in [0.717, 1.165) is 30.2 Å². The van der Waals surface area contributed by atoms with Crippen molar-refractivity contribution in [3.63, 3.8) is 0 Å². The second-order valence-electron chi connectivity index (χ2n) is 5.95. The molecule has 3 rings (SSSR count). The molecule has 1 aliphatic rings. The number of piperazine rings is 1. The van der Waals surface area contributed by atoms with Crippen LogP contribution in [0.4, 0.5) is 14.9 Å². The summed E-state index contributed by atoms with van der Waals surface area (Å²) >= 11 is 6.21. The van der Waals surface area contributed by atoms with Crippen LogP contribution in [0.2, 0.25) is 5.02 Å². The first-order valence-corrected chi connectivity index (χ1v) is 8.38. The van der Waals surface area contributed by atoms with Gasteiger partial charge in [0.2, 0.25) is 0 Å². The van der Waals surface area contributed by atoms with Crippen LogP contribution in [-0.2, 0) is 6.54 Å². The minimum absolute atomic E-state index is 0.183. The fraction of sp³-hybridized carbons (Fsp3) is 0.278. The van der Waals surface area contributed by atoms with Crippen molar-refractivity contribution in [2.45, 2.75) is 6.54 Å². The average molecular weight is 349 g/mol. The molecule has 0 aromatic heterocycles. The van der Waals surface area contributed by atoms with E-state index < -0.39 is 0 Å². The summed E-state index contributed by atoms with van der Waals surface area (Å²) in [4.78, 5) is 15.4. The summed E-state index contributed by atoms with van der Waals surface area (Å²) in [6, 6.07) is 13.6. The number of hydrogen-bond donors (Lipinski definition) is 2. The van der Waals surface area contributed by atoms with Crippen molar-refractivity contribution in [2.75, 3.05) is 31.5 Å². The number of benzene rings is 2. The topological polar surface area (TPSA) is 36.8 Å². The van der Waals surface area contributed by atoms with Crippen molar-refractivity contribution in [1.82, 2.24) is 4.90 Å². The van der Waals surface area contributed by atoms with Crippen molar-refractivity contribution < 1.29 is 14.1 Å². The van der Waals surface area contributed by atoms with Crippen molar-refractivity contribution in [1.29, 1.82) is 0 Å². The Morgan fingerprint density at radius 1 is 1.17 bits per heavy atom. The van der Waals surface area contributed by atoms with E-state index in [-0.39, 0.29) is 11.8 Å². The van der Waals surface area contributed by atoms with Crippen LogP contribution in [0.3, 0.4) is 0 Å². The number of hydrogen-bond acceptors (Lipinski definition) is 1. The Kier molecular flexibility index (Phi) is 5.33. The molecule has 0 bridgehead atoms. The van der Waals surface area contributed by atoms with Crippen LogP contribution in [0.1, 0.15) is 5.56 Å². The lowest BCUT2D eigenvalue weighted by Gasteiger charge is -2.32. The molecular weight excluding hydrogens is 329 g/mol. The van der Waals surface area contributed by atoms with Gasteiger partial charge < -0.3 is 15.1 Å². The number of nitrogens with one attached hydrogen (secondary N) is 2. The quantitative estimate of drug-likeness (QED) is 0.878. The maximum absolute atomic E-state index is 13.2. The van der Waals surface area contributed by atoms with Crippen LogP contribution in [0.15, 0.2) is 48.5 Å². The molecule has 1 fully saturated rings. The lowest BCUT2D eigenvalue weighted by molar-refractivity contribution is -0.917. The highest BCUT2D eigenvalue weighted by Gasteiger charge is 2.24. The van der Waals surface area contributed by atoms with Gasteiger partial charge >= 0.3 is 6.03 Å². The third-order valence-electron chi connectivity index (χ3n) is 4.23. The van der Waals surface area contributed by atoms with Gasteiger partial charge in [0.25, 0.3) is 0 Å². The zero-order valence-electron chi connectivity index (χ0n) is 13.3. The van der Waals surface area contributed by atoms with Gasteiger partial charge in [-0.15, -0.1) is 0 Å². The molecule has 2 aromatic carbocycles. The summed E-state index contributed by atoms with van der Waals surface area (Å²) in [6.07, 6.45) is 0. The van der Waals surface area contributed by atoms with Crippen LogP contribution < -0.4 is 10.2 Å². The SMILES string of the molecule is O=C(Nc1cccc(F)c1)N1CC[NH+](Cc2ccccc2Cl)CC1. The molecule has 2 aromatic rings. The Morgan fingerprint density at radius 2 is 1.92 bits per heavy atom. The number of halogens is 2. The van der Waals surface area contributed by atoms with E-state index in [1.165, 1.54) is 17.0 Å². The molecule has 0 spiro atoms. The van der Waals surface area contributed by atoms with E-state index in [1.807, 2.05) is 24.3 Å². The van der Waals surface area contributed by atoms with Crippen LogP contribution in [0, 0.1) is 5.82 Å². The molecule has 2 N–H and O–H groups in total. The van der Waals surface area contributed by atoms with Crippen LogP contribution in [0.5, 0.6) is 0 Å². The number of carbonyl (C=O) groups is 1. The highest BCUT2D eigenvalue weighted by Crippen LogP contribution is 2.14. The molecule has 0 saturated carbocycles. The molecule has 1 heterocycles. The number of nitrogens with zero attached hydrogens (tertiary/aromatic N) is 1. The second-order valence-corrected chi connectivity index (χ2v) is 6.35. The first kappa shape index (κ1) is 16.7. The predicted octanol–water partition coefficient (Wildman–Crippen LogP) is 2.41. The third kappa shape index (κ3) is 4.24. The largest absolute Gasteiger partial charge is 0.328 e. The number of urea groups is 1. The monoisotopic (exact) mass is 348 g/mol. The van der Waals surface area contributed by atoms with Gasteiger partial charge in [0.15, 0.2) is 0 Å². The molecular formula is C18H20ClFN3O+. The molecule has 0 aliphatic carbocycles. The van der Waals surface area contributed by atoms with Gasteiger partial charge in [-0.2, -0.15) is 0 Å². The van der Waals surface area contributed by atoms with E-state index in [4.69, 9.17) is 11.6 Å². The van der Waals surface area contributed by atoms with E-state index in [0.29, 0.717) is 18.8 Å². The van der Waals surface area contributed by atoms with Crippen molar-refractivity contribution in [3.05, 3.63) is 64.9 Å². The molecule has 6 heteroatoms. The lowest BCUT2D eigenvalue weighted by atomic mass is 10.2. The minimum atomic E-state index is -0.359. The van der Waals surface area contributed by atoms with E-state index >= 15 is 0 Å². The molecule has 126 valence electrons. The fourth-order valence-corrected chi connectivity index (χ4v) is 3.09. The number of anilines is 1. The van der Waals surface area contributed by atoms with E-state index in [9.17, 15) is 9.18 Å². The number of quaternary nitrogens is 1. The summed E-state index contributed by atoms with van der Waals surface area (Å²) in [5.74, 6) is -0.359. The Labute approximate surface area is 145 Å². The van der Waals surface area contributed by atoms with Crippen LogP contribution in [0.25, 0.3) is 0 Å². The summed E-state index contributed by atoms with van der Waals surface area (Å²) in [6.45, 7) is 3.92. The Bertz CT molecular complexity index is 717. The number of carbonyl (C=O) groups excluding carboxylic acids is 1. The van der Waals surface area contributed by atoms with Crippen molar-refractivity contribution in [3.8, 4) is 0 Å². The lowest BCUT2D eigenvalue weighted by Crippen LogP contribution is -3.13. The summed E-state index contributed by atoms with van der Waals surface area (Å²) < 4.78 is 13.2. The van der Waals surface area contributed by atoms with Gasteiger partial charge in [-0.05, 0) is 24.3 Å². The molecule has 1 saturated heterocycles. The average Bonchev–Trinajstić information content (AvgIpc) is 2.57. The number of rotatable bonds is 3. The van der Waals surface area contributed by atoms with Gasteiger partial charge in [-0.3, -0.25) is 0 Å². The first-order chi connectivity index (χ1) is 11.6. The highest BCUT2D eigenvalue weighted by molar-refractivity contribution is 6.31. The molecule has 0 radical (unpaired) electrons. The van der Waals surface area contributed by atoms with Gasteiger partial charge in [0, 0.05) is 16.3 Å². The van der Waals surface area contributed by atoms with Gasteiger partial charge in [0.05, 0.1) is 26.2 Å². The second kappa shape index (κ2) is 7.64. The molecule has 4 nitrogen and oxygen atoms in total. The van der Waals surface area contributed by atoms with Crippen LogP contribution in [-0.4, -0.2) is 37.1 Å². The van der Waals surface area contributed by atoms with E-state index in [1.54, 1.807) is 17.0 Å². The summed E-state index contributed by atoms with van der Waals surface area (Å²) in [5, 5.41) is 3.53. The van der Waals surface area contributed by atoms with Crippen molar-refractivity contribution >= 4 is 23.3 Å². The maximum Gasteiger partial charge on any atom is 0.322 e. The Morgan fingerprint density at radius 3 is 2.62 bits per heavy atom. The van der Waals surface area contributed by atoms with Gasteiger partial charge in [-0.1, -0.05) is 35.9 Å². The summed E-state index contributed by atoms with van der Waals surface area (Å²) in [5.41, 5.74) is 1.61. The first-order valence-electron chi connectivity index (χ1n) is 8.00. The molecule has 0 unspecified atom stereocenters. The zero-order valence-corrected chi connectivity index (χ0v) is 14.0. The van der Waals surface area contributed by atoms with E-state index in [2.05, 4.69) is 5.32 Å². The fourth-order valence-electron chi connectivity index (χ4n) is 2.88. The maximum atomic E-state index is 13.2. The Hall–Kier alpha value is -2.11. The van der Waals surface area contributed by atoms with Gasteiger partial charge in [0.1, 0.15) is 12.4 Å². The summed E-state index contributed by atoms with van der Waals surface area (Å²) in [7, 11) is 0. The molecule has 2 amide bonds. The highest BCUT2D eigenvalue weighted by atomic mass is 35.5. The Balaban J connectivity index is 1.51. The smallest absolute Gasteiger partial charge is 0.322 e. The predicted molar refractivity (Wildman–Crippen MR) is 92.8 cm³/mol. The number of amides is 2. The normalized spacial score (nSPS) is 15.3. The standard InChI is InChI=1S/C18H19ClFN3O/c19-17-7-2-1-4-14(17)13-22-8-10-23(11-9-22)18(24)21-16-6-3-5-15(20)12-16/h1-7,12H,8-11,13H2,(H,21,24)/p+1. The molecule has 24 heavy (non-hydrogen) atoms. The molecule has 0 atom stereocenters. The third-order valence-corrected chi connectivity index (χ3v) is 4.60. The minimum Gasteiger partial charge on any atom is -0.328 e. The van der Waals surface area contributed by atoms with Crippen molar-refractivity contribution in [2.24, 2.45) is 0 Å².